The van der Waals surface area contributed by atoms with Gasteiger partial charge in [-0.2, -0.15) is 5.26 Å². The molecule has 0 unspecified atom stereocenters. The number of hydrogen-bond donors (Lipinski definition) is 1. The third-order valence-corrected chi connectivity index (χ3v) is 3.37. The van der Waals surface area contributed by atoms with Gasteiger partial charge in [-0.25, -0.2) is 4.79 Å². The molecule has 0 amide bonds. The van der Waals surface area contributed by atoms with Crippen molar-refractivity contribution >= 4 is 11.0 Å². The molecule has 0 saturated heterocycles. The van der Waals surface area contributed by atoms with E-state index in [4.69, 9.17) is 14.4 Å². The lowest BCUT2D eigenvalue weighted by atomic mass is 10.0. The van der Waals surface area contributed by atoms with Crippen molar-refractivity contribution in [2.24, 2.45) is 0 Å². The second-order valence-electron chi connectivity index (χ2n) is 4.67. The van der Waals surface area contributed by atoms with Crippen LogP contribution in [0.5, 0.6) is 11.5 Å². The summed E-state index contributed by atoms with van der Waals surface area (Å²) in [5, 5.41) is 19.5. The Labute approximate surface area is 125 Å². The lowest BCUT2D eigenvalue weighted by Crippen LogP contribution is -2.03. The Hall–Kier alpha value is -3.26. The fourth-order valence-corrected chi connectivity index (χ4v) is 2.29. The van der Waals surface area contributed by atoms with Crippen LogP contribution in [0.15, 0.2) is 51.7 Å². The van der Waals surface area contributed by atoms with Gasteiger partial charge in [-0.15, -0.1) is 0 Å². The fraction of sp³-hybridized carbons (Fsp3) is 0.0588. The van der Waals surface area contributed by atoms with Crippen LogP contribution < -0.4 is 10.4 Å². The monoisotopic (exact) mass is 293 g/mol. The van der Waals surface area contributed by atoms with Crippen LogP contribution in [0.3, 0.4) is 0 Å². The van der Waals surface area contributed by atoms with E-state index < -0.39 is 5.63 Å². The molecule has 5 nitrogen and oxygen atoms in total. The number of rotatable bonds is 2. The van der Waals surface area contributed by atoms with Crippen LogP contribution in [-0.4, -0.2) is 12.2 Å². The predicted molar refractivity (Wildman–Crippen MR) is 80.9 cm³/mol. The van der Waals surface area contributed by atoms with Crippen molar-refractivity contribution in [3.8, 4) is 28.7 Å². The molecular formula is C17H11NO4. The summed E-state index contributed by atoms with van der Waals surface area (Å²) >= 11 is 0. The number of aromatic hydroxyl groups is 1. The first-order valence-corrected chi connectivity index (χ1v) is 6.48. The SMILES string of the molecule is COc1ccc(-c2cc3cccc(C#N)c3oc2=O)cc1O. The standard InChI is InChI=1S/C17H11NO4/c1-21-15-6-5-10(8-14(15)19)13-7-11-3-2-4-12(9-18)16(11)22-17(13)20/h2-8,19H,1H3. The van der Waals surface area contributed by atoms with Crippen molar-refractivity contribution in [2.45, 2.75) is 0 Å². The largest absolute Gasteiger partial charge is 0.504 e. The number of hydrogen-bond acceptors (Lipinski definition) is 5. The van der Waals surface area contributed by atoms with Crippen LogP contribution in [0.1, 0.15) is 5.56 Å². The number of methoxy groups -OCH3 is 1. The number of fused-ring (bicyclic) bond motifs is 1. The third kappa shape index (κ3) is 2.17. The first-order chi connectivity index (χ1) is 10.6. The van der Waals surface area contributed by atoms with Crippen molar-refractivity contribution in [1.82, 2.24) is 0 Å². The Balaban J connectivity index is 2.24. The van der Waals surface area contributed by atoms with Crippen molar-refractivity contribution in [3.05, 3.63) is 58.4 Å². The Morgan fingerprint density at radius 3 is 2.73 bits per heavy atom. The number of ether oxygens (including phenoxy) is 1. The van der Waals surface area contributed by atoms with Crippen molar-refractivity contribution in [3.63, 3.8) is 0 Å². The zero-order valence-electron chi connectivity index (χ0n) is 11.7. The van der Waals surface area contributed by atoms with Gasteiger partial charge in [0.15, 0.2) is 17.1 Å². The highest BCUT2D eigenvalue weighted by Crippen LogP contribution is 2.31. The maximum absolute atomic E-state index is 12.2. The summed E-state index contributed by atoms with van der Waals surface area (Å²) in [7, 11) is 1.45. The number of nitriles is 1. The van der Waals surface area contributed by atoms with E-state index in [1.54, 1.807) is 36.4 Å². The second-order valence-corrected chi connectivity index (χ2v) is 4.67. The van der Waals surface area contributed by atoms with Crippen LogP contribution in [0.4, 0.5) is 0 Å². The Bertz CT molecular complexity index is 967. The molecule has 108 valence electrons. The lowest BCUT2D eigenvalue weighted by molar-refractivity contribution is 0.373. The van der Waals surface area contributed by atoms with Crippen LogP contribution in [-0.2, 0) is 0 Å². The second kappa shape index (κ2) is 5.26. The molecule has 2 aromatic carbocycles. The predicted octanol–water partition coefficient (Wildman–Crippen LogP) is 3.05. The van der Waals surface area contributed by atoms with Crippen molar-refractivity contribution in [1.29, 1.82) is 5.26 Å². The third-order valence-electron chi connectivity index (χ3n) is 3.37. The lowest BCUT2D eigenvalue weighted by Gasteiger charge is -2.06. The van der Waals surface area contributed by atoms with E-state index in [1.165, 1.54) is 13.2 Å². The smallest absolute Gasteiger partial charge is 0.344 e. The van der Waals surface area contributed by atoms with Crippen LogP contribution in [0, 0.1) is 11.3 Å². The first kappa shape index (κ1) is 13.7. The van der Waals surface area contributed by atoms with Gasteiger partial charge in [0.25, 0.3) is 0 Å². The number of phenols is 1. The highest BCUT2D eigenvalue weighted by Gasteiger charge is 2.12. The Morgan fingerprint density at radius 2 is 2.05 bits per heavy atom. The minimum atomic E-state index is -0.570. The van der Waals surface area contributed by atoms with Gasteiger partial charge in [0.1, 0.15) is 6.07 Å². The molecule has 0 radical (unpaired) electrons. The maximum Gasteiger partial charge on any atom is 0.344 e. The van der Waals surface area contributed by atoms with Gasteiger partial charge in [-0.3, -0.25) is 0 Å². The number of nitrogens with zero attached hydrogens (tertiary/aromatic N) is 1. The minimum Gasteiger partial charge on any atom is -0.504 e. The molecular weight excluding hydrogens is 282 g/mol. The quantitative estimate of drug-likeness (QED) is 0.734. The Morgan fingerprint density at radius 1 is 1.23 bits per heavy atom. The van der Waals surface area contributed by atoms with Gasteiger partial charge in [0, 0.05) is 5.39 Å². The summed E-state index contributed by atoms with van der Waals surface area (Å²) in [4.78, 5) is 12.2. The molecule has 1 heterocycles. The van der Waals surface area contributed by atoms with Crippen LogP contribution >= 0.6 is 0 Å². The van der Waals surface area contributed by atoms with E-state index in [9.17, 15) is 9.90 Å². The van der Waals surface area contributed by atoms with E-state index in [0.717, 1.165) is 0 Å². The van der Waals surface area contributed by atoms with E-state index in [2.05, 4.69) is 0 Å². The molecule has 0 spiro atoms. The molecule has 3 rings (SSSR count). The number of benzene rings is 2. The van der Waals surface area contributed by atoms with Crippen LogP contribution in [0.25, 0.3) is 22.1 Å². The highest BCUT2D eigenvalue weighted by molar-refractivity contribution is 5.85. The molecule has 3 aromatic rings. The fourth-order valence-electron chi connectivity index (χ4n) is 2.29. The van der Waals surface area contributed by atoms with Gasteiger partial charge in [0.05, 0.1) is 18.2 Å². The summed E-state index contributed by atoms with van der Waals surface area (Å²) in [5.41, 5.74) is 0.812. The summed E-state index contributed by atoms with van der Waals surface area (Å²) in [6.07, 6.45) is 0. The summed E-state index contributed by atoms with van der Waals surface area (Å²) in [6.45, 7) is 0. The molecule has 0 fully saturated rings. The number of phenolic OH excluding ortho intramolecular Hbond substituents is 1. The zero-order valence-corrected chi connectivity index (χ0v) is 11.7. The molecule has 0 atom stereocenters. The van der Waals surface area contributed by atoms with E-state index in [1.807, 2.05) is 6.07 Å². The van der Waals surface area contributed by atoms with Crippen molar-refractivity contribution < 1.29 is 14.3 Å². The van der Waals surface area contributed by atoms with E-state index in [-0.39, 0.29) is 11.3 Å². The van der Waals surface area contributed by atoms with Gasteiger partial charge < -0.3 is 14.3 Å². The zero-order chi connectivity index (χ0) is 15.7. The van der Waals surface area contributed by atoms with Crippen molar-refractivity contribution in [2.75, 3.05) is 7.11 Å². The highest BCUT2D eigenvalue weighted by atomic mass is 16.5. The first-order valence-electron chi connectivity index (χ1n) is 6.48. The Kier molecular flexibility index (Phi) is 3.28. The normalized spacial score (nSPS) is 10.4. The summed E-state index contributed by atoms with van der Waals surface area (Å²) in [5.74, 6) is 0.256. The molecule has 5 heteroatoms. The molecule has 0 aliphatic rings. The van der Waals surface area contributed by atoms with Gasteiger partial charge in [0.2, 0.25) is 0 Å². The average molecular weight is 293 g/mol. The van der Waals surface area contributed by atoms with E-state index >= 15 is 0 Å². The van der Waals surface area contributed by atoms with Gasteiger partial charge in [-0.05, 0) is 29.8 Å². The average Bonchev–Trinajstić information content (AvgIpc) is 2.53. The van der Waals surface area contributed by atoms with E-state index in [0.29, 0.717) is 27.8 Å². The molecule has 22 heavy (non-hydrogen) atoms. The maximum atomic E-state index is 12.2. The van der Waals surface area contributed by atoms with Gasteiger partial charge in [-0.1, -0.05) is 18.2 Å². The molecule has 0 aliphatic carbocycles. The molecule has 0 saturated carbocycles. The topological polar surface area (TPSA) is 83.5 Å². The summed E-state index contributed by atoms with van der Waals surface area (Å²) in [6, 6.07) is 13.4. The number of para-hydroxylation sites is 1. The molecule has 0 aliphatic heterocycles. The molecule has 1 aromatic heterocycles. The minimum absolute atomic E-state index is 0.0646. The van der Waals surface area contributed by atoms with Gasteiger partial charge >= 0.3 is 5.63 Å². The van der Waals surface area contributed by atoms with Crippen LogP contribution in [0.2, 0.25) is 0 Å². The molecule has 1 N–H and O–H groups in total. The molecule has 0 bridgehead atoms. The summed E-state index contributed by atoms with van der Waals surface area (Å²) < 4.78 is 10.3.